The molecule has 3 aromatic heterocycles. The zero-order valence-corrected chi connectivity index (χ0v) is 25.1. The van der Waals surface area contributed by atoms with Gasteiger partial charge < -0.3 is 9.13 Å². The van der Waals surface area contributed by atoms with Gasteiger partial charge in [-0.1, -0.05) is 103 Å². The summed E-state index contributed by atoms with van der Waals surface area (Å²) >= 11 is 1.90. The van der Waals surface area contributed by atoms with Gasteiger partial charge in [-0.05, 0) is 65.7 Å². The average Bonchev–Trinajstić information content (AvgIpc) is 3.76. The van der Waals surface area contributed by atoms with Gasteiger partial charge in [0.1, 0.15) is 0 Å². The highest BCUT2D eigenvalue weighted by Crippen LogP contribution is 2.48. The van der Waals surface area contributed by atoms with Crippen LogP contribution < -0.4 is 0 Å². The summed E-state index contributed by atoms with van der Waals surface area (Å²) in [6.45, 7) is 0. The minimum atomic E-state index is 1.17. The average molecular weight is 591 g/mol. The third-order valence-corrected chi connectivity index (χ3v) is 10.5. The van der Waals surface area contributed by atoms with Crippen molar-refractivity contribution in [3.63, 3.8) is 0 Å². The lowest BCUT2D eigenvalue weighted by Gasteiger charge is -2.12. The van der Waals surface area contributed by atoms with E-state index in [9.17, 15) is 0 Å². The Morgan fingerprint density at radius 2 is 0.978 bits per heavy atom. The lowest BCUT2D eigenvalue weighted by Crippen LogP contribution is -1.94. The van der Waals surface area contributed by atoms with E-state index in [1.165, 1.54) is 86.3 Å². The van der Waals surface area contributed by atoms with Crippen LogP contribution in [0.1, 0.15) is 0 Å². The van der Waals surface area contributed by atoms with Crippen LogP contribution in [0.4, 0.5) is 0 Å². The molecule has 0 atom stereocenters. The van der Waals surface area contributed by atoms with E-state index in [-0.39, 0.29) is 0 Å². The molecule has 0 fully saturated rings. The van der Waals surface area contributed by atoms with Crippen LogP contribution >= 0.6 is 11.3 Å². The van der Waals surface area contributed by atoms with Gasteiger partial charge in [0.2, 0.25) is 0 Å². The first-order valence-electron chi connectivity index (χ1n) is 15.4. The Bertz CT molecular complexity index is 2740. The first-order valence-corrected chi connectivity index (χ1v) is 16.2. The van der Waals surface area contributed by atoms with Gasteiger partial charge >= 0.3 is 0 Å². The summed E-state index contributed by atoms with van der Waals surface area (Å²) in [7, 11) is 0. The van der Waals surface area contributed by atoms with Crippen molar-refractivity contribution in [1.82, 2.24) is 9.13 Å². The fourth-order valence-electron chi connectivity index (χ4n) is 7.39. The summed E-state index contributed by atoms with van der Waals surface area (Å²) in [5, 5.41) is 7.73. The third kappa shape index (κ3) is 3.50. The predicted octanol–water partition coefficient (Wildman–Crippen LogP) is 11.9. The molecule has 0 spiro atoms. The number of thiophene rings is 1. The van der Waals surface area contributed by atoms with E-state index in [0.717, 1.165) is 0 Å². The molecule has 0 bridgehead atoms. The Hall–Kier alpha value is -5.64. The zero-order valence-electron chi connectivity index (χ0n) is 24.3. The highest BCUT2D eigenvalue weighted by atomic mass is 32.1. The molecular weight excluding hydrogens is 565 g/mol. The molecule has 0 radical (unpaired) electrons. The Morgan fingerprint density at radius 3 is 1.73 bits per heavy atom. The number of hydrogen-bond donors (Lipinski definition) is 0. The molecule has 0 aliphatic heterocycles. The van der Waals surface area contributed by atoms with Gasteiger partial charge in [0.25, 0.3) is 0 Å². The zero-order chi connectivity index (χ0) is 29.5. The minimum absolute atomic E-state index is 1.17. The maximum Gasteiger partial charge on any atom is 0.0726 e. The standard InChI is InChI=1S/C42H26N2S/c1-3-13-28(14-4-1)43-36-20-10-7-17-30(36)31-24-23-27(25-38(31)43)34-26-35-32-18-9-12-22-39(32)45-42(35)41-40(34)33-19-8-11-21-37(33)44(41)29-15-5-2-6-16-29/h1-26H. The normalized spacial score (nSPS) is 12.0. The van der Waals surface area contributed by atoms with E-state index >= 15 is 0 Å². The van der Waals surface area contributed by atoms with E-state index in [0.29, 0.717) is 0 Å². The highest BCUT2D eigenvalue weighted by Gasteiger charge is 2.22. The molecule has 0 amide bonds. The molecule has 3 heterocycles. The van der Waals surface area contributed by atoms with Crippen molar-refractivity contribution >= 4 is 75.1 Å². The monoisotopic (exact) mass is 590 g/mol. The molecule has 0 unspecified atom stereocenters. The fourth-order valence-corrected chi connectivity index (χ4v) is 8.62. The minimum Gasteiger partial charge on any atom is -0.309 e. The summed E-state index contributed by atoms with van der Waals surface area (Å²) in [5.74, 6) is 0. The third-order valence-electron chi connectivity index (χ3n) is 9.30. The van der Waals surface area contributed by atoms with E-state index in [4.69, 9.17) is 0 Å². The molecular formula is C42H26N2S. The molecule has 0 aliphatic rings. The van der Waals surface area contributed by atoms with Gasteiger partial charge in [-0.15, -0.1) is 11.3 Å². The van der Waals surface area contributed by atoms with Crippen LogP contribution in [-0.2, 0) is 0 Å². The van der Waals surface area contributed by atoms with E-state index < -0.39 is 0 Å². The van der Waals surface area contributed by atoms with Crippen molar-refractivity contribution in [3.8, 4) is 22.5 Å². The van der Waals surface area contributed by atoms with Crippen LogP contribution in [0.5, 0.6) is 0 Å². The second-order valence-corrected chi connectivity index (χ2v) is 12.8. The molecule has 7 aromatic carbocycles. The fraction of sp³-hybridized carbons (Fsp3) is 0. The van der Waals surface area contributed by atoms with Crippen molar-refractivity contribution in [1.29, 1.82) is 0 Å². The van der Waals surface area contributed by atoms with Gasteiger partial charge in [-0.25, -0.2) is 0 Å². The van der Waals surface area contributed by atoms with Crippen LogP contribution in [0.25, 0.3) is 86.3 Å². The summed E-state index contributed by atoms with van der Waals surface area (Å²) in [5.41, 5.74) is 9.78. The Morgan fingerprint density at radius 1 is 0.400 bits per heavy atom. The number of nitrogens with zero attached hydrogens (tertiary/aromatic N) is 2. The van der Waals surface area contributed by atoms with Gasteiger partial charge in [0.15, 0.2) is 0 Å². The first-order chi connectivity index (χ1) is 22.3. The Labute approximate surface area is 263 Å². The van der Waals surface area contributed by atoms with E-state index in [1.54, 1.807) is 0 Å². The summed E-state index contributed by atoms with van der Waals surface area (Å²) in [4.78, 5) is 0. The van der Waals surface area contributed by atoms with Crippen molar-refractivity contribution < 1.29 is 0 Å². The van der Waals surface area contributed by atoms with Crippen molar-refractivity contribution in [2.24, 2.45) is 0 Å². The lowest BCUT2D eigenvalue weighted by atomic mass is 9.96. The maximum atomic E-state index is 2.48. The molecule has 0 N–H and O–H groups in total. The number of fused-ring (bicyclic) bond motifs is 10. The molecule has 3 heteroatoms. The van der Waals surface area contributed by atoms with Crippen molar-refractivity contribution in [2.45, 2.75) is 0 Å². The van der Waals surface area contributed by atoms with Gasteiger partial charge in [-0.2, -0.15) is 0 Å². The number of benzene rings is 7. The van der Waals surface area contributed by atoms with Crippen LogP contribution in [-0.4, -0.2) is 9.13 Å². The van der Waals surface area contributed by atoms with Gasteiger partial charge in [0.05, 0.1) is 26.8 Å². The van der Waals surface area contributed by atoms with Crippen LogP contribution in [0.15, 0.2) is 158 Å². The van der Waals surface area contributed by atoms with Gasteiger partial charge in [-0.3, -0.25) is 0 Å². The van der Waals surface area contributed by atoms with Crippen LogP contribution in [0.2, 0.25) is 0 Å². The molecule has 0 saturated carbocycles. The van der Waals surface area contributed by atoms with E-state index in [2.05, 4.69) is 167 Å². The molecule has 0 aliphatic carbocycles. The molecule has 0 saturated heterocycles. The summed E-state index contributed by atoms with van der Waals surface area (Å²) < 4.78 is 7.53. The van der Waals surface area contributed by atoms with Gasteiger partial charge in [0, 0.05) is 48.4 Å². The smallest absolute Gasteiger partial charge is 0.0726 e. The number of hydrogen-bond acceptors (Lipinski definition) is 1. The second kappa shape index (κ2) is 9.43. The number of aromatic nitrogens is 2. The summed E-state index contributed by atoms with van der Waals surface area (Å²) in [6.07, 6.45) is 0. The number of para-hydroxylation sites is 4. The SMILES string of the molecule is c1ccc(-n2c3ccccc3c3ccc(-c4cc5c6ccccc6sc5c5c4c4ccccc4n5-c4ccccc4)cc32)cc1. The molecule has 45 heavy (non-hydrogen) atoms. The van der Waals surface area contributed by atoms with Crippen LogP contribution in [0, 0.1) is 0 Å². The van der Waals surface area contributed by atoms with Crippen LogP contribution in [0.3, 0.4) is 0 Å². The number of rotatable bonds is 3. The Kier molecular flexibility index (Phi) is 5.19. The Balaban J connectivity index is 1.39. The largest absolute Gasteiger partial charge is 0.309 e. The summed E-state index contributed by atoms with van der Waals surface area (Å²) in [6, 6.07) is 57.6. The molecule has 10 aromatic rings. The van der Waals surface area contributed by atoms with E-state index in [1.807, 2.05) is 11.3 Å². The molecule has 10 rings (SSSR count). The quantitative estimate of drug-likeness (QED) is 0.194. The molecule has 210 valence electrons. The topological polar surface area (TPSA) is 9.86 Å². The predicted molar refractivity (Wildman–Crippen MR) is 193 cm³/mol. The molecule has 2 nitrogen and oxygen atoms in total. The lowest BCUT2D eigenvalue weighted by molar-refractivity contribution is 1.18. The first kappa shape index (κ1) is 24.8. The maximum absolute atomic E-state index is 2.48. The van der Waals surface area contributed by atoms with Crippen molar-refractivity contribution in [2.75, 3.05) is 0 Å². The highest BCUT2D eigenvalue weighted by molar-refractivity contribution is 7.26. The van der Waals surface area contributed by atoms with Crippen molar-refractivity contribution in [3.05, 3.63) is 158 Å². The second-order valence-electron chi connectivity index (χ2n) is 11.7.